The highest BCUT2D eigenvalue weighted by molar-refractivity contribution is 5.01. The zero-order chi connectivity index (χ0) is 9.97. The molecule has 1 aliphatic rings. The van der Waals surface area contributed by atoms with Crippen LogP contribution in [0.25, 0.3) is 0 Å². The Bertz CT molecular complexity index is 289. The van der Waals surface area contributed by atoms with Gasteiger partial charge in [0, 0.05) is 19.1 Å². The maximum atomic E-state index is 9.28. The first-order chi connectivity index (χ1) is 6.77. The van der Waals surface area contributed by atoms with Gasteiger partial charge in [-0.3, -0.25) is 0 Å². The molecule has 0 aliphatic carbocycles. The molecule has 4 heteroatoms. The molecule has 0 aromatic carbocycles. The van der Waals surface area contributed by atoms with Crippen LogP contribution in [0, 0.1) is 0 Å². The van der Waals surface area contributed by atoms with Crippen molar-refractivity contribution in [1.82, 2.24) is 4.98 Å². The highest BCUT2D eigenvalue weighted by atomic mass is 16.5. The van der Waals surface area contributed by atoms with Crippen LogP contribution in [0.5, 0.6) is 0 Å². The molecule has 4 nitrogen and oxygen atoms in total. The summed E-state index contributed by atoms with van der Waals surface area (Å²) in [4.78, 5) is 4.18. The van der Waals surface area contributed by atoms with Crippen LogP contribution in [0.3, 0.4) is 0 Å². The van der Waals surface area contributed by atoms with Crippen molar-refractivity contribution in [1.29, 1.82) is 0 Å². The van der Waals surface area contributed by atoms with Crippen LogP contribution in [0.15, 0.2) is 10.6 Å². The van der Waals surface area contributed by atoms with Gasteiger partial charge in [-0.15, -0.1) is 0 Å². The van der Waals surface area contributed by atoms with Crippen molar-refractivity contribution in [3.05, 3.63) is 17.8 Å². The number of oxazole rings is 1. The van der Waals surface area contributed by atoms with E-state index in [1.54, 1.807) is 13.1 Å². The van der Waals surface area contributed by atoms with Crippen LogP contribution in [-0.2, 0) is 4.74 Å². The Morgan fingerprint density at radius 3 is 2.79 bits per heavy atom. The van der Waals surface area contributed by atoms with Gasteiger partial charge in [0.2, 0.25) is 0 Å². The van der Waals surface area contributed by atoms with Crippen LogP contribution >= 0.6 is 0 Å². The zero-order valence-electron chi connectivity index (χ0n) is 8.27. The molecule has 2 rings (SSSR count). The maximum Gasteiger partial charge on any atom is 0.197 e. The van der Waals surface area contributed by atoms with E-state index < -0.39 is 6.10 Å². The van der Waals surface area contributed by atoms with E-state index in [0.29, 0.717) is 11.7 Å². The van der Waals surface area contributed by atoms with Gasteiger partial charge < -0.3 is 14.3 Å². The molecule has 0 radical (unpaired) electrons. The van der Waals surface area contributed by atoms with E-state index in [0.717, 1.165) is 31.9 Å². The SMILES string of the molecule is CC(O)c1cnc(C2CCOCC2)o1. The molecule has 0 saturated carbocycles. The summed E-state index contributed by atoms with van der Waals surface area (Å²) in [7, 11) is 0. The van der Waals surface area contributed by atoms with Crippen LogP contribution in [0.2, 0.25) is 0 Å². The largest absolute Gasteiger partial charge is 0.443 e. The third kappa shape index (κ3) is 1.96. The van der Waals surface area contributed by atoms with E-state index in [9.17, 15) is 5.11 Å². The summed E-state index contributed by atoms with van der Waals surface area (Å²) in [5.74, 6) is 1.65. The minimum atomic E-state index is -0.573. The predicted molar refractivity (Wildman–Crippen MR) is 49.9 cm³/mol. The van der Waals surface area contributed by atoms with Crippen molar-refractivity contribution < 1.29 is 14.3 Å². The molecule has 1 atom stereocenters. The van der Waals surface area contributed by atoms with Gasteiger partial charge in [0.05, 0.1) is 6.20 Å². The Hall–Kier alpha value is -0.870. The second-order valence-electron chi connectivity index (χ2n) is 3.66. The number of aliphatic hydroxyl groups excluding tert-OH is 1. The lowest BCUT2D eigenvalue weighted by atomic mass is 10.0. The molecule has 1 aliphatic heterocycles. The molecule has 2 heterocycles. The quantitative estimate of drug-likeness (QED) is 0.782. The van der Waals surface area contributed by atoms with Gasteiger partial charge in [0.25, 0.3) is 0 Å². The molecule has 1 fully saturated rings. The molecular weight excluding hydrogens is 182 g/mol. The number of hydrogen-bond donors (Lipinski definition) is 1. The Kier molecular flexibility index (Phi) is 2.84. The van der Waals surface area contributed by atoms with Gasteiger partial charge in [0.1, 0.15) is 6.10 Å². The molecule has 1 aromatic heterocycles. The average molecular weight is 197 g/mol. The lowest BCUT2D eigenvalue weighted by molar-refractivity contribution is 0.0778. The van der Waals surface area contributed by atoms with Gasteiger partial charge in [-0.05, 0) is 19.8 Å². The number of aromatic nitrogens is 1. The second-order valence-corrected chi connectivity index (χ2v) is 3.66. The summed E-state index contributed by atoms with van der Waals surface area (Å²) in [5, 5.41) is 9.28. The van der Waals surface area contributed by atoms with Crippen LogP contribution in [-0.4, -0.2) is 23.3 Å². The van der Waals surface area contributed by atoms with E-state index in [1.165, 1.54) is 0 Å². The Labute approximate surface area is 82.9 Å². The molecular formula is C10H15NO3. The monoisotopic (exact) mass is 197 g/mol. The average Bonchev–Trinajstić information content (AvgIpc) is 2.68. The van der Waals surface area contributed by atoms with Gasteiger partial charge in [-0.2, -0.15) is 0 Å². The summed E-state index contributed by atoms with van der Waals surface area (Å²) >= 11 is 0. The number of hydrogen-bond acceptors (Lipinski definition) is 4. The van der Waals surface area contributed by atoms with Gasteiger partial charge in [-0.1, -0.05) is 0 Å². The molecule has 1 saturated heterocycles. The second kappa shape index (κ2) is 4.11. The van der Waals surface area contributed by atoms with Crippen LogP contribution in [0.4, 0.5) is 0 Å². The Balaban J connectivity index is 2.07. The highest BCUT2D eigenvalue weighted by Gasteiger charge is 2.21. The van der Waals surface area contributed by atoms with Gasteiger partial charge in [0.15, 0.2) is 11.7 Å². The van der Waals surface area contributed by atoms with E-state index in [4.69, 9.17) is 9.15 Å². The topological polar surface area (TPSA) is 55.5 Å². The van der Waals surface area contributed by atoms with E-state index in [1.807, 2.05) is 0 Å². The number of aliphatic hydroxyl groups is 1. The molecule has 1 N–H and O–H groups in total. The fraction of sp³-hybridized carbons (Fsp3) is 0.700. The van der Waals surface area contributed by atoms with Crippen molar-refractivity contribution in [2.45, 2.75) is 31.8 Å². The molecule has 1 aromatic rings. The predicted octanol–water partition coefficient (Wildman–Crippen LogP) is 1.62. The smallest absolute Gasteiger partial charge is 0.197 e. The third-order valence-corrected chi connectivity index (χ3v) is 2.52. The van der Waals surface area contributed by atoms with Crippen molar-refractivity contribution in [3.63, 3.8) is 0 Å². The summed E-state index contributed by atoms with van der Waals surface area (Å²) in [6.45, 7) is 3.22. The Morgan fingerprint density at radius 1 is 1.50 bits per heavy atom. The minimum Gasteiger partial charge on any atom is -0.443 e. The van der Waals surface area contributed by atoms with E-state index in [-0.39, 0.29) is 0 Å². The lowest BCUT2D eigenvalue weighted by Crippen LogP contribution is -2.14. The van der Waals surface area contributed by atoms with Crippen molar-refractivity contribution in [2.75, 3.05) is 13.2 Å². The number of rotatable bonds is 2. The van der Waals surface area contributed by atoms with Crippen LogP contribution < -0.4 is 0 Å². The number of nitrogens with zero attached hydrogens (tertiary/aromatic N) is 1. The molecule has 0 amide bonds. The van der Waals surface area contributed by atoms with Crippen molar-refractivity contribution >= 4 is 0 Å². The van der Waals surface area contributed by atoms with E-state index >= 15 is 0 Å². The standard InChI is InChI=1S/C10H15NO3/c1-7(12)9-6-11-10(14-9)8-2-4-13-5-3-8/h6-8,12H,2-5H2,1H3. The highest BCUT2D eigenvalue weighted by Crippen LogP contribution is 2.27. The summed E-state index contributed by atoms with van der Waals surface area (Å²) in [6.07, 6.45) is 2.95. The normalized spacial score (nSPS) is 21.0. The zero-order valence-corrected chi connectivity index (χ0v) is 8.27. The van der Waals surface area contributed by atoms with Crippen LogP contribution in [0.1, 0.15) is 43.4 Å². The summed E-state index contributed by atoms with van der Waals surface area (Å²) in [5.41, 5.74) is 0. The fourth-order valence-corrected chi connectivity index (χ4v) is 1.63. The third-order valence-electron chi connectivity index (χ3n) is 2.52. The Morgan fingerprint density at radius 2 is 2.21 bits per heavy atom. The molecule has 14 heavy (non-hydrogen) atoms. The minimum absolute atomic E-state index is 0.358. The molecule has 0 spiro atoms. The van der Waals surface area contributed by atoms with Gasteiger partial charge >= 0.3 is 0 Å². The van der Waals surface area contributed by atoms with Crippen molar-refractivity contribution in [2.24, 2.45) is 0 Å². The van der Waals surface area contributed by atoms with Crippen molar-refractivity contribution in [3.8, 4) is 0 Å². The first-order valence-corrected chi connectivity index (χ1v) is 4.99. The first kappa shape index (κ1) is 9.68. The summed E-state index contributed by atoms with van der Waals surface area (Å²) in [6, 6.07) is 0. The van der Waals surface area contributed by atoms with Gasteiger partial charge in [-0.25, -0.2) is 4.98 Å². The molecule has 1 unspecified atom stereocenters. The maximum absolute atomic E-state index is 9.28. The number of ether oxygens (including phenoxy) is 1. The fourth-order valence-electron chi connectivity index (χ4n) is 1.63. The molecule has 78 valence electrons. The first-order valence-electron chi connectivity index (χ1n) is 4.99. The van der Waals surface area contributed by atoms with E-state index in [2.05, 4.69) is 4.98 Å². The molecule has 0 bridgehead atoms. The summed E-state index contributed by atoms with van der Waals surface area (Å²) < 4.78 is 10.7. The lowest BCUT2D eigenvalue weighted by Gasteiger charge is -2.18.